The fourth-order valence-electron chi connectivity index (χ4n) is 5.33. The minimum absolute atomic E-state index is 0.00256. The monoisotopic (exact) mass is 448 g/mol. The van der Waals surface area contributed by atoms with Crippen LogP contribution in [-0.2, 0) is 16.1 Å². The number of rotatable bonds is 4. The SMILES string of the molecule is CC(C)c1ccc(N2C(=O)N[C@@H](CC(=O)N3C[C@H]4C[C@@H](C3)c3cccc(=O)n3C4)C2=O)cc1. The number of nitrogens with one attached hydrogen (secondary N) is 1. The number of likely N-dealkylation sites (tertiary alicyclic amines) is 1. The zero-order valence-corrected chi connectivity index (χ0v) is 18.9. The van der Waals surface area contributed by atoms with Crippen molar-refractivity contribution in [2.24, 2.45) is 5.92 Å². The van der Waals surface area contributed by atoms with Crippen molar-refractivity contribution in [3.63, 3.8) is 0 Å². The number of imide groups is 1. The van der Waals surface area contributed by atoms with Crippen molar-refractivity contribution < 1.29 is 14.4 Å². The van der Waals surface area contributed by atoms with Gasteiger partial charge in [-0.1, -0.05) is 32.0 Å². The zero-order valence-electron chi connectivity index (χ0n) is 18.9. The average Bonchev–Trinajstić information content (AvgIpc) is 3.07. The number of piperidine rings is 1. The van der Waals surface area contributed by atoms with E-state index in [0.29, 0.717) is 31.2 Å². The first kappa shape index (κ1) is 21.4. The van der Waals surface area contributed by atoms with Gasteiger partial charge in [-0.05, 0) is 42.0 Å². The van der Waals surface area contributed by atoms with E-state index in [9.17, 15) is 19.2 Å². The Morgan fingerprint density at radius 3 is 2.52 bits per heavy atom. The molecule has 0 radical (unpaired) electrons. The highest BCUT2D eigenvalue weighted by Crippen LogP contribution is 2.35. The third-order valence-electron chi connectivity index (χ3n) is 7.05. The Labute approximate surface area is 192 Å². The molecule has 1 aromatic carbocycles. The van der Waals surface area contributed by atoms with E-state index in [1.165, 1.54) is 0 Å². The van der Waals surface area contributed by atoms with Gasteiger partial charge in [0.05, 0.1) is 12.1 Å². The molecular weight excluding hydrogens is 420 g/mol. The van der Waals surface area contributed by atoms with Crippen molar-refractivity contribution in [2.45, 2.75) is 51.1 Å². The van der Waals surface area contributed by atoms with Crippen LogP contribution in [0.25, 0.3) is 0 Å². The molecule has 3 atom stereocenters. The molecule has 8 heteroatoms. The predicted molar refractivity (Wildman–Crippen MR) is 123 cm³/mol. The van der Waals surface area contributed by atoms with Gasteiger partial charge in [-0.3, -0.25) is 14.4 Å². The van der Waals surface area contributed by atoms with Gasteiger partial charge in [0, 0.05) is 37.3 Å². The lowest BCUT2D eigenvalue weighted by atomic mass is 9.83. The lowest BCUT2D eigenvalue weighted by Gasteiger charge is -2.43. The first-order chi connectivity index (χ1) is 15.8. The molecule has 2 fully saturated rings. The maximum Gasteiger partial charge on any atom is 0.329 e. The largest absolute Gasteiger partial charge is 0.342 e. The Balaban J connectivity index is 1.27. The van der Waals surface area contributed by atoms with Crippen molar-refractivity contribution in [3.8, 4) is 0 Å². The smallest absolute Gasteiger partial charge is 0.329 e. The Hall–Kier alpha value is -3.42. The van der Waals surface area contributed by atoms with Crippen molar-refractivity contribution in [1.29, 1.82) is 0 Å². The van der Waals surface area contributed by atoms with E-state index in [4.69, 9.17) is 0 Å². The van der Waals surface area contributed by atoms with Crippen molar-refractivity contribution in [1.82, 2.24) is 14.8 Å². The zero-order chi connectivity index (χ0) is 23.3. The first-order valence-electron chi connectivity index (χ1n) is 11.5. The Morgan fingerprint density at radius 1 is 1.03 bits per heavy atom. The second-order valence-corrected chi connectivity index (χ2v) is 9.62. The summed E-state index contributed by atoms with van der Waals surface area (Å²) in [6.07, 6.45) is 0.888. The fourth-order valence-corrected chi connectivity index (χ4v) is 5.33. The van der Waals surface area contributed by atoms with Gasteiger partial charge in [-0.2, -0.15) is 0 Å². The van der Waals surface area contributed by atoms with Crippen molar-refractivity contribution in [2.75, 3.05) is 18.0 Å². The highest BCUT2D eigenvalue weighted by Gasteiger charge is 2.42. The second-order valence-electron chi connectivity index (χ2n) is 9.62. The lowest BCUT2D eigenvalue weighted by molar-refractivity contribution is -0.136. The molecular formula is C25H28N4O4. The number of pyridine rings is 1. The van der Waals surface area contributed by atoms with E-state index in [0.717, 1.165) is 22.6 Å². The Kier molecular flexibility index (Phi) is 5.31. The molecule has 2 saturated heterocycles. The number of carbonyl (C=O) groups excluding carboxylic acids is 3. The van der Waals surface area contributed by atoms with Gasteiger partial charge in [0.1, 0.15) is 6.04 Å². The second kappa shape index (κ2) is 8.17. The Bertz CT molecular complexity index is 1170. The van der Waals surface area contributed by atoms with Crippen LogP contribution in [0.1, 0.15) is 49.8 Å². The molecule has 33 heavy (non-hydrogen) atoms. The number of benzene rings is 1. The number of nitrogens with zero attached hydrogens (tertiary/aromatic N) is 3. The molecule has 0 aliphatic carbocycles. The first-order valence-corrected chi connectivity index (χ1v) is 11.5. The van der Waals surface area contributed by atoms with E-state index in [-0.39, 0.29) is 29.7 Å². The van der Waals surface area contributed by atoms with Crippen molar-refractivity contribution >= 4 is 23.5 Å². The number of hydrogen-bond donors (Lipinski definition) is 1. The van der Waals surface area contributed by atoms with Gasteiger partial charge in [-0.15, -0.1) is 0 Å². The summed E-state index contributed by atoms with van der Waals surface area (Å²) in [6.45, 7) is 5.85. The third-order valence-corrected chi connectivity index (χ3v) is 7.05. The molecule has 172 valence electrons. The van der Waals surface area contributed by atoms with Gasteiger partial charge in [0.25, 0.3) is 11.5 Å². The normalized spacial score (nSPS) is 24.2. The maximum absolute atomic E-state index is 13.1. The maximum atomic E-state index is 13.1. The summed E-state index contributed by atoms with van der Waals surface area (Å²) in [5.41, 5.74) is 2.60. The molecule has 8 nitrogen and oxygen atoms in total. The molecule has 1 N–H and O–H groups in total. The average molecular weight is 449 g/mol. The topological polar surface area (TPSA) is 91.7 Å². The summed E-state index contributed by atoms with van der Waals surface area (Å²) in [5, 5.41) is 2.68. The number of hydrogen-bond acceptors (Lipinski definition) is 4. The number of urea groups is 1. The third kappa shape index (κ3) is 3.83. The number of amides is 4. The standard InChI is InChI=1S/C25H28N4O4/c1-15(2)17-6-8-19(9-7-17)29-24(32)20(26-25(29)33)11-23(31)27-12-16-10-18(14-27)21-4-3-5-22(30)28(21)13-16/h3-9,15-16,18,20H,10-14H2,1-2H3,(H,26,33)/t16-,18+,20+/m1/s1. The minimum atomic E-state index is -0.869. The van der Waals surface area contributed by atoms with E-state index in [1.54, 1.807) is 29.2 Å². The quantitative estimate of drug-likeness (QED) is 0.728. The molecule has 5 rings (SSSR count). The fraction of sp³-hybridized carbons (Fsp3) is 0.440. The van der Waals surface area contributed by atoms with Crippen LogP contribution in [0, 0.1) is 5.92 Å². The molecule has 3 aliphatic heterocycles. The summed E-state index contributed by atoms with van der Waals surface area (Å²) in [4.78, 5) is 53.8. The number of aromatic nitrogens is 1. The summed E-state index contributed by atoms with van der Waals surface area (Å²) in [6, 6.07) is 11.3. The summed E-state index contributed by atoms with van der Waals surface area (Å²) < 4.78 is 1.82. The van der Waals surface area contributed by atoms with Gasteiger partial charge in [-0.25, -0.2) is 9.69 Å². The van der Waals surface area contributed by atoms with Crippen molar-refractivity contribution in [3.05, 3.63) is 64.1 Å². The van der Waals surface area contributed by atoms with Gasteiger partial charge in [0.15, 0.2) is 0 Å². The molecule has 0 spiro atoms. The van der Waals surface area contributed by atoms with Crippen LogP contribution in [0.3, 0.4) is 0 Å². The number of fused-ring (bicyclic) bond motifs is 4. The Morgan fingerprint density at radius 2 is 1.79 bits per heavy atom. The van der Waals surface area contributed by atoms with E-state index in [1.807, 2.05) is 22.8 Å². The number of anilines is 1. The molecule has 1 aromatic heterocycles. The molecule has 4 amide bonds. The van der Waals surface area contributed by atoms with E-state index in [2.05, 4.69) is 19.2 Å². The van der Waals surface area contributed by atoms with Crippen LogP contribution in [0.15, 0.2) is 47.3 Å². The van der Waals surface area contributed by atoms with Crippen LogP contribution in [0.2, 0.25) is 0 Å². The lowest BCUT2D eigenvalue weighted by Crippen LogP contribution is -2.50. The van der Waals surface area contributed by atoms with Gasteiger partial charge < -0.3 is 14.8 Å². The molecule has 2 aromatic rings. The highest BCUT2D eigenvalue weighted by atomic mass is 16.2. The molecule has 0 saturated carbocycles. The van der Waals surface area contributed by atoms with Gasteiger partial charge in [0.2, 0.25) is 5.91 Å². The highest BCUT2D eigenvalue weighted by molar-refractivity contribution is 6.22. The molecule has 4 heterocycles. The van der Waals surface area contributed by atoms with Crippen LogP contribution in [0.5, 0.6) is 0 Å². The summed E-state index contributed by atoms with van der Waals surface area (Å²) in [7, 11) is 0. The van der Waals surface area contributed by atoms with Crippen LogP contribution in [-0.4, -0.2) is 46.4 Å². The molecule has 2 bridgehead atoms. The molecule has 3 aliphatic rings. The molecule has 0 unspecified atom stereocenters. The van der Waals surface area contributed by atoms with E-state index < -0.39 is 18.0 Å². The van der Waals surface area contributed by atoms with Gasteiger partial charge >= 0.3 is 6.03 Å². The minimum Gasteiger partial charge on any atom is -0.342 e. The van der Waals surface area contributed by atoms with E-state index >= 15 is 0 Å². The predicted octanol–water partition coefficient (Wildman–Crippen LogP) is 2.43. The van der Waals surface area contributed by atoms with Crippen LogP contribution < -0.4 is 15.8 Å². The summed E-state index contributed by atoms with van der Waals surface area (Å²) >= 11 is 0. The summed E-state index contributed by atoms with van der Waals surface area (Å²) in [5.74, 6) is 0.124. The van der Waals surface area contributed by atoms with Crippen LogP contribution >= 0.6 is 0 Å². The van der Waals surface area contributed by atoms with Crippen LogP contribution in [0.4, 0.5) is 10.5 Å². The number of carbonyl (C=O) groups is 3.